The minimum Gasteiger partial charge on any atom is -0.457 e. The Morgan fingerprint density at radius 3 is 1.58 bits per heavy atom. The van der Waals surface area contributed by atoms with Gasteiger partial charge >= 0.3 is 13.8 Å². The fraction of sp³-hybridized carbons (Fsp3) is 0.634. The molecule has 9 heteroatoms. The molecule has 0 spiro atoms. The van der Waals surface area contributed by atoms with E-state index in [0.29, 0.717) is 13.0 Å². The SMILES string of the molecule is CC/C=C\C/C=C\C/C=C\C/C=C\CCC(=O)OC(COCCCCCCCCCC/C=C\C/C=C\C/C=C\CC)COP(=O)(O)OCCN. The maximum absolute atomic E-state index is 12.5. The first-order valence-corrected chi connectivity index (χ1v) is 20.6. The zero-order valence-electron chi connectivity index (χ0n) is 31.3. The number of carbonyl (C=O) groups is 1. The van der Waals surface area contributed by atoms with E-state index in [1.54, 1.807) is 0 Å². The summed E-state index contributed by atoms with van der Waals surface area (Å²) in [6, 6.07) is 0. The van der Waals surface area contributed by atoms with Crippen LogP contribution in [0, 0.1) is 0 Å². The summed E-state index contributed by atoms with van der Waals surface area (Å²) < 4.78 is 33.2. The molecule has 0 aromatic heterocycles. The van der Waals surface area contributed by atoms with Gasteiger partial charge in [0.1, 0.15) is 6.10 Å². The number of nitrogens with two attached hydrogens (primary N) is 1. The predicted molar refractivity (Wildman–Crippen MR) is 210 cm³/mol. The van der Waals surface area contributed by atoms with Crippen LogP contribution in [0.1, 0.15) is 129 Å². The van der Waals surface area contributed by atoms with Crippen LogP contribution >= 0.6 is 7.82 Å². The van der Waals surface area contributed by atoms with Gasteiger partial charge < -0.3 is 20.1 Å². The average molecular weight is 720 g/mol. The lowest BCUT2D eigenvalue weighted by molar-refractivity contribution is -0.154. The van der Waals surface area contributed by atoms with Gasteiger partial charge in [-0.1, -0.05) is 137 Å². The van der Waals surface area contributed by atoms with E-state index in [1.165, 1.54) is 32.1 Å². The smallest absolute Gasteiger partial charge is 0.457 e. The van der Waals surface area contributed by atoms with Gasteiger partial charge in [-0.3, -0.25) is 13.8 Å². The summed E-state index contributed by atoms with van der Waals surface area (Å²) in [6.07, 6.45) is 47.6. The molecular formula is C41H70NO7P. The molecule has 0 saturated carbocycles. The summed E-state index contributed by atoms with van der Waals surface area (Å²) in [4.78, 5) is 22.3. The summed E-state index contributed by atoms with van der Waals surface area (Å²) in [7, 11) is -4.30. The largest absolute Gasteiger partial charge is 0.472 e. The fourth-order valence-electron chi connectivity index (χ4n) is 4.61. The zero-order valence-corrected chi connectivity index (χ0v) is 32.2. The van der Waals surface area contributed by atoms with Crippen molar-refractivity contribution in [2.75, 3.05) is 33.0 Å². The van der Waals surface area contributed by atoms with Gasteiger partial charge in [0.25, 0.3) is 0 Å². The number of phosphoric acid groups is 1. The molecule has 0 radical (unpaired) electrons. The number of hydrogen-bond acceptors (Lipinski definition) is 7. The highest BCUT2D eigenvalue weighted by Gasteiger charge is 2.25. The van der Waals surface area contributed by atoms with Crippen LogP contribution in [0.4, 0.5) is 0 Å². The minimum absolute atomic E-state index is 0.0770. The van der Waals surface area contributed by atoms with Crippen LogP contribution in [0.5, 0.6) is 0 Å². The summed E-state index contributed by atoms with van der Waals surface area (Å²) in [5.41, 5.74) is 5.35. The molecule has 0 aromatic carbocycles. The number of esters is 1. The highest BCUT2D eigenvalue weighted by Crippen LogP contribution is 2.43. The molecule has 0 amide bonds. The molecule has 0 rings (SSSR count). The number of phosphoric ester groups is 1. The van der Waals surface area contributed by atoms with Gasteiger partial charge in [-0.2, -0.15) is 0 Å². The van der Waals surface area contributed by atoms with Gasteiger partial charge in [-0.15, -0.1) is 0 Å². The Labute approximate surface area is 305 Å². The number of hydrogen-bond donors (Lipinski definition) is 2. The number of allylic oxidation sites excluding steroid dienone is 14. The molecule has 0 fully saturated rings. The predicted octanol–water partition coefficient (Wildman–Crippen LogP) is 11.0. The lowest BCUT2D eigenvalue weighted by Crippen LogP contribution is -2.28. The molecular weight excluding hydrogens is 649 g/mol. The molecule has 50 heavy (non-hydrogen) atoms. The molecule has 0 bridgehead atoms. The maximum atomic E-state index is 12.5. The Morgan fingerprint density at radius 2 is 1.06 bits per heavy atom. The number of rotatable bonds is 35. The van der Waals surface area contributed by atoms with Gasteiger partial charge in [-0.05, 0) is 70.6 Å². The third kappa shape index (κ3) is 36.9. The monoisotopic (exact) mass is 719 g/mol. The number of ether oxygens (including phenoxy) is 2. The van der Waals surface area contributed by atoms with Crippen LogP contribution in [-0.2, 0) is 27.9 Å². The van der Waals surface area contributed by atoms with Crippen molar-refractivity contribution < 1.29 is 32.8 Å². The van der Waals surface area contributed by atoms with Crippen LogP contribution in [0.2, 0.25) is 0 Å². The molecule has 0 aliphatic heterocycles. The van der Waals surface area contributed by atoms with Gasteiger partial charge in [0, 0.05) is 19.6 Å². The van der Waals surface area contributed by atoms with Crippen molar-refractivity contribution in [3.05, 3.63) is 85.1 Å². The summed E-state index contributed by atoms with van der Waals surface area (Å²) in [6.45, 7) is 4.54. The summed E-state index contributed by atoms with van der Waals surface area (Å²) in [5.74, 6) is -0.417. The molecule has 0 heterocycles. The van der Waals surface area contributed by atoms with Gasteiger partial charge in [0.15, 0.2) is 0 Å². The quantitative estimate of drug-likeness (QED) is 0.0288. The van der Waals surface area contributed by atoms with Crippen molar-refractivity contribution in [1.29, 1.82) is 0 Å². The van der Waals surface area contributed by atoms with Crippen LogP contribution < -0.4 is 5.73 Å². The topological polar surface area (TPSA) is 117 Å². The van der Waals surface area contributed by atoms with E-state index >= 15 is 0 Å². The third-order valence-corrected chi connectivity index (χ3v) is 8.31. The second kappa shape index (κ2) is 37.9. The normalized spacial score (nSPS) is 14.6. The lowest BCUT2D eigenvalue weighted by Gasteiger charge is -2.20. The van der Waals surface area contributed by atoms with Gasteiger partial charge in [-0.25, -0.2) is 4.57 Å². The van der Waals surface area contributed by atoms with E-state index in [9.17, 15) is 14.3 Å². The fourth-order valence-corrected chi connectivity index (χ4v) is 5.38. The molecule has 3 N–H and O–H groups in total. The Kier molecular flexibility index (Phi) is 36.2. The molecule has 8 nitrogen and oxygen atoms in total. The van der Waals surface area contributed by atoms with E-state index in [2.05, 4.69) is 86.8 Å². The molecule has 2 unspecified atom stereocenters. The zero-order chi connectivity index (χ0) is 36.6. The van der Waals surface area contributed by atoms with Crippen LogP contribution in [0.3, 0.4) is 0 Å². The Bertz CT molecular complexity index is 1030. The Balaban J connectivity index is 4.19. The standard InChI is InChI=1S/C41H70NO7P/c1-3-5-7-9-11-13-15-17-18-19-20-21-23-25-27-29-31-33-36-46-38-40(39-48-50(44,45)47-37-35-42)49-41(43)34-32-30-28-26-24-22-16-14-12-10-8-6-4-2/h5-8,11-14,17-18,22,24,28,30,40H,3-4,9-10,15-16,19-21,23,25-27,29,31-39,42H2,1-2H3,(H,44,45)/b7-5-,8-6-,13-11-,14-12-,18-17-,24-22-,30-28-. The van der Waals surface area contributed by atoms with E-state index in [1.807, 2.05) is 12.2 Å². The molecule has 0 aromatic rings. The van der Waals surface area contributed by atoms with Crippen LogP contribution in [0.15, 0.2) is 85.1 Å². The van der Waals surface area contributed by atoms with Crippen molar-refractivity contribution in [2.24, 2.45) is 5.73 Å². The van der Waals surface area contributed by atoms with Crippen LogP contribution in [0.25, 0.3) is 0 Å². The number of unbranched alkanes of at least 4 members (excludes halogenated alkanes) is 8. The van der Waals surface area contributed by atoms with E-state index < -0.39 is 19.9 Å². The van der Waals surface area contributed by atoms with Gasteiger partial charge in [0.05, 0.1) is 19.8 Å². The molecule has 2 atom stereocenters. The third-order valence-electron chi connectivity index (χ3n) is 7.32. The summed E-state index contributed by atoms with van der Waals surface area (Å²) >= 11 is 0. The van der Waals surface area contributed by atoms with E-state index in [4.69, 9.17) is 24.3 Å². The Morgan fingerprint density at radius 1 is 0.600 bits per heavy atom. The van der Waals surface area contributed by atoms with Crippen molar-refractivity contribution in [2.45, 2.75) is 136 Å². The molecule has 0 aliphatic carbocycles. The van der Waals surface area contributed by atoms with Gasteiger partial charge in [0.2, 0.25) is 0 Å². The molecule has 0 saturated heterocycles. The lowest BCUT2D eigenvalue weighted by atomic mass is 10.1. The minimum atomic E-state index is -4.30. The van der Waals surface area contributed by atoms with Crippen LogP contribution in [-0.4, -0.2) is 49.9 Å². The first-order valence-electron chi connectivity index (χ1n) is 19.1. The molecule has 0 aliphatic rings. The summed E-state index contributed by atoms with van der Waals surface area (Å²) in [5, 5.41) is 0. The maximum Gasteiger partial charge on any atom is 0.472 e. The first kappa shape index (κ1) is 47.7. The second-order valence-electron chi connectivity index (χ2n) is 12.0. The van der Waals surface area contributed by atoms with E-state index in [-0.39, 0.29) is 32.8 Å². The van der Waals surface area contributed by atoms with Crippen molar-refractivity contribution in [3.8, 4) is 0 Å². The highest BCUT2D eigenvalue weighted by molar-refractivity contribution is 7.47. The second-order valence-corrected chi connectivity index (χ2v) is 13.5. The van der Waals surface area contributed by atoms with Crippen molar-refractivity contribution in [1.82, 2.24) is 0 Å². The molecule has 286 valence electrons. The highest BCUT2D eigenvalue weighted by atomic mass is 31.2. The van der Waals surface area contributed by atoms with Crippen molar-refractivity contribution >= 4 is 13.8 Å². The Hall–Kier alpha value is -2.32. The number of carbonyl (C=O) groups excluding carboxylic acids is 1. The van der Waals surface area contributed by atoms with Crippen molar-refractivity contribution in [3.63, 3.8) is 0 Å². The average Bonchev–Trinajstić information content (AvgIpc) is 3.10. The van der Waals surface area contributed by atoms with E-state index in [0.717, 1.165) is 70.6 Å². The first-order chi connectivity index (χ1) is 24.4.